The molecule has 1 N–H and O–H groups in total. The highest BCUT2D eigenvalue weighted by molar-refractivity contribution is 5.86. The SMILES string of the molecule is Cc1ccc2c(c1)c1c(n2CC(OC/C=C/C(=O)O)c2ccncc2)CCN(C)C1. The van der Waals surface area contributed by atoms with Crippen LogP contribution in [0.3, 0.4) is 0 Å². The molecule has 3 aromatic rings. The summed E-state index contributed by atoms with van der Waals surface area (Å²) in [5.41, 5.74) is 6.30. The minimum atomic E-state index is -0.968. The first-order valence-electron chi connectivity index (χ1n) is 10.2. The Morgan fingerprint density at radius 1 is 1.30 bits per heavy atom. The number of aliphatic carboxylic acids is 1. The van der Waals surface area contributed by atoms with E-state index in [-0.39, 0.29) is 12.7 Å². The standard InChI is InChI=1S/C24H27N3O3/c1-17-5-6-21-19(14-17)20-15-26(2)12-9-22(20)27(21)16-23(18-7-10-25-11-8-18)30-13-3-4-24(28)29/h3-8,10-11,14,23H,9,12-13,15-16H2,1-2H3,(H,28,29)/b4-3+. The van der Waals surface area contributed by atoms with Crippen molar-refractivity contribution in [2.75, 3.05) is 20.2 Å². The number of aryl methyl sites for hydroxylation is 1. The second-order valence-corrected chi connectivity index (χ2v) is 7.89. The summed E-state index contributed by atoms with van der Waals surface area (Å²) in [6, 6.07) is 10.6. The van der Waals surface area contributed by atoms with Crippen LogP contribution in [-0.4, -0.2) is 45.7 Å². The van der Waals surface area contributed by atoms with Crippen LogP contribution in [0.25, 0.3) is 10.9 Å². The summed E-state index contributed by atoms with van der Waals surface area (Å²) in [5.74, 6) is -0.968. The van der Waals surface area contributed by atoms with Gasteiger partial charge in [0.05, 0.1) is 13.2 Å². The van der Waals surface area contributed by atoms with E-state index in [9.17, 15) is 4.79 Å². The second-order valence-electron chi connectivity index (χ2n) is 7.89. The van der Waals surface area contributed by atoms with E-state index in [4.69, 9.17) is 9.84 Å². The van der Waals surface area contributed by atoms with Gasteiger partial charge in [0, 0.05) is 54.6 Å². The number of carboxylic acid groups (broad SMARTS) is 1. The molecule has 0 amide bonds. The molecule has 0 bridgehead atoms. The van der Waals surface area contributed by atoms with Gasteiger partial charge in [-0.05, 0) is 49.4 Å². The van der Waals surface area contributed by atoms with E-state index in [2.05, 4.69) is 46.6 Å². The van der Waals surface area contributed by atoms with Crippen LogP contribution in [0, 0.1) is 6.92 Å². The van der Waals surface area contributed by atoms with Gasteiger partial charge in [-0.3, -0.25) is 4.98 Å². The average Bonchev–Trinajstić information content (AvgIpc) is 3.02. The molecule has 0 saturated heterocycles. The fourth-order valence-electron chi connectivity index (χ4n) is 4.23. The zero-order chi connectivity index (χ0) is 21.1. The van der Waals surface area contributed by atoms with Crippen LogP contribution in [0.15, 0.2) is 54.9 Å². The first kappa shape index (κ1) is 20.3. The minimum Gasteiger partial charge on any atom is -0.478 e. The van der Waals surface area contributed by atoms with Gasteiger partial charge in [-0.25, -0.2) is 4.79 Å². The summed E-state index contributed by atoms with van der Waals surface area (Å²) in [6.45, 7) is 5.02. The largest absolute Gasteiger partial charge is 0.478 e. The molecule has 0 spiro atoms. The molecule has 30 heavy (non-hydrogen) atoms. The van der Waals surface area contributed by atoms with E-state index in [0.717, 1.165) is 31.1 Å². The van der Waals surface area contributed by atoms with Crippen molar-refractivity contribution in [1.82, 2.24) is 14.5 Å². The third kappa shape index (κ3) is 4.30. The van der Waals surface area contributed by atoms with Gasteiger partial charge < -0.3 is 19.3 Å². The number of ether oxygens (including phenoxy) is 1. The van der Waals surface area contributed by atoms with Crippen molar-refractivity contribution in [3.63, 3.8) is 0 Å². The van der Waals surface area contributed by atoms with Crippen LogP contribution >= 0.6 is 0 Å². The number of aromatic nitrogens is 2. The molecule has 4 rings (SSSR count). The molecule has 0 aliphatic carbocycles. The average molecular weight is 405 g/mol. The molecule has 0 radical (unpaired) electrons. The van der Waals surface area contributed by atoms with E-state index in [1.165, 1.54) is 33.8 Å². The molecule has 1 aromatic carbocycles. The van der Waals surface area contributed by atoms with Crippen molar-refractivity contribution in [3.05, 3.63) is 77.3 Å². The molecule has 156 valence electrons. The first-order chi connectivity index (χ1) is 14.5. The number of rotatable bonds is 7. The highest BCUT2D eigenvalue weighted by Gasteiger charge is 2.24. The Bertz CT molecular complexity index is 1070. The summed E-state index contributed by atoms with van der Waals surface area (Å²) in [4.78, 5) is 17.3. The molecule has 2 aromatic heterocycles. The Hall–Kier alpha value is -2.96. The molecule has 1 unspecified atom stereocenters. The number of benzene rings is 1. The number of carboxylic acids is 1. The smallest absolute Gasteiger partial charge is 0.328 e. The van der Waals surface area contributed by atoms with E-state index in [1.54, 1.807) is 12.4 Å². The lowest BCUT2D eigenvalue weighted by Crippen LogP contribution is -2.28. The summed E-state index contributed by atoms with van der Waals surface area (Å²) in [5, 5.41) is 10.2. The highest BCUT2D eigenvalue weighted by Crippen LogP contribution is 2.33. The number of hydrogen-bond donors (Lipinski definition) is 1. The topological polar surface area (TPSA) is 67.6 Å². The van der Waals surface area contributed by atoms with Crippen molar-refractivity contribution < 1.29 is 14.6 Å². The molecule has 6 nitrogen and oxygen atoms in total. The van der Waals surface area contributed by atoms with Gasteiger partial charge in [0.2, 0.25) is 0 Å². The number of pyridine rings is 1. The number of likely N-dealkylation sites (N-methyl/N-ethyl adjacent to an activating group) is 1. The van der Waals surface area contributed by atoms with E-state index >= 15 is 0 Å². The Kier molecular flexibility index (Phi) is 5.97. The van der Waals surface area contributed by atoms with Crippen LogP contribution in [-0.2, 0) is 29.0 Å². The maximum Gasteiger partial charge on any atom is 0.328 e. The Balaban J connectivity index is 1.71. The highest BCUT2D eigenvalue weighted by atomic mass is 16.5. The maximum absolute atomic E-state index is 10.8. The third-order valence-corrected chi connectivity index (χ3v) is 5.68. The normalized spacial score (nSPS) is 15.5. The number of fused-ring (bicyclic) bond motifs is 3. The van der Waals surface area contributed by atoms with Gasteiger partial charge in [0.15, 0.2) is 0 Å². The summed E-state index contributed by atoms with van der Waals surface area (Å²) < 4.78 is 8.52. The van der Waals surface area contributed by atoms with Gasteiger partial charge in [-0.2, -0.15) is 0 Å². The van der Waals surface area contributed by atoms with Crippen molar-refractivity contribution in [2.45, 2.75) is 32.5 Å². The first-order valence-corrected chi connectivity index (χ1v) is 10.2. The molecule has 3 heterocycles. The van der Waals surface area contributed by atoms with E-state index in [1.807, 2.05) is 12.1 Å². The lowest BCUT2D eigenvalue weighted by molar-refractivity contribution is -0.131. The van der Waals surface area contributed by atoms with Gasteiger partial charge in [0.1, 0.15) is 6.10 Å². The minimum absolute atomic E-state index is 0.202. The number of carbonyl (C=O) groups is 1. The van der Waals surface area contributed by atoms with Crippen LogP contribution in [0.4, 0.5) is 0 Å². The molecule has 0 fully saturated rings. The number of nitrogens with zero attached hydrogens (tertiary/aromatic N) is 3. The fourth-order valence-corrected chi connectivity index (χ4v) is 4.23. The van der Waals surface area contributed by atoms with Crippen LogP contribution < -0.4 is 0 Å². The van der Waals surface area contributed by atoms with Crippen molar-refractivity contribution in [1.29, 1.82) is 0 Å². The lowest BCUT2D eigenvalue weighted by Gasteiger charge is -2.26. The number of hydrogen-bond acceptors (Lipinski definition) is 4. The summed E-state index contributed by atoms with van der Waals surface area (Å²) in [7, 11) is 2.17. The molecule has 0 saturated carbocycles. The van der Waals surface area contributed by atoms with Crippen molar-refractivity contribution in [3.8, 4) is 0 Å². The van der Waals surface area contributed by atoms with Crippen molar-refractivity contribution >= 4 is 16.9 Å². The predicted molar refractivity (Wildman–Crippen MR) is 116 cm³/mol. The Labute approximate surface area is 176 Å². The molecule has 6 heteroatoms. The van der Waals surface area contributed by atoms with Gasteiger partial charge in [-0.1, -0.05) is 17.7 Å². The quantitative estimate of drug-likeness (QED) is 0.607. The van der Waals surface area contributed by atoms with E-state index in [0.29, 0.717) is 6.54 Å². The summed E-state index contributed by atoms with van der Waals surface area (Å²) >= 11 is 0. The molecule has 1 aliphatic rings. The van der Waals surface area contributed by atoms with Gasteiger partial charge >= 0.3 is 5.97 Å². The lowest BCUT2D eigenvalue weighted by atomic mass is 10.0. The predicted octanol–water partition coefficient (Wildman–Crippen LogP) is 3.73. The van der Waals surface area contributed by atoms with Gasteiger partial charge in [0.25, 0.3) is 0 Å². The van der Waals surface area contributed by atoms with Crippen molar-refractivity contribution in [2.24, 2.45) is 0 Å². The second kappa shape index (κ2) is 8.81. The molecule has 1 aliphatic heterocycles. The monoisotopic (exact) mass is 405 g/mol. The zero-order valence-electron chi connectivity index (χ0n) is 17.4. The van der Waals surface area contributed by atoms with Gasteiger partial charge in [-0.15, -0.1) is 0 Å². The third-order valence-electron chi connectivity index (χ3n) is 5.68. The molecule has 1 atom stereocenters. The van der Waals surface area contributed by atoms with E-state index < -0.39 is 5.97 Å². The Morgan fingerprint density at radius 2 is 2.10 bits per heavy atom. The molecular formula is C24H27N3O3. The van der Waals surface area contributed by atoms with Crippen LogP contribution in [0.2, 0.25) is 0 Å². The van der Waals surface area contributed by atoms with Crippen LogP contribution in [0.1, 0.15) is 28.5 Å². The molecular weight excluding hydrogens is 378 g/mol. The zero-order valence-corrected chi connectivity index (χ0v) is 17.4. The fraction of sp³-hybridized carbons (Fsp3) is 0.333. The van der Waals surface area contributed by atoms with Crippen LogP contribution in [0.5, 0.6) is 0 Å². The maximum atomic E-state index is 10.8. The Morgan fingerprint density at radius 3 is 2.87 bits per heavy atom. The summed E-state index contributed by atoms with van der Waals surface area (Å²) in [6.07, 6.45) is 6.99.